The van der Waals surface area contributed by atoms with Crippen molar-refractivity contribution in [1.29, 1.82) is 0 Å². The average Bonchev–Trinajstić information content (AvgIpc) is 2.96. The van der Waals surface area contributed by atoms with Gasteiger partial charge in [0.2, 0.25) is 0 Å². The highest BCUT2D eigenvalue weighted by Gasteiger charge is 2.48. The van der Waals surface area contributed by atoms with E-state index in [0.717, 1.165) is 11.2 Å². The number of esters is 1. The van der Waals surface area contributed by atoms with Gasteiger partial charge in [0, 0.05) is 6.26 Å². The van der Waals surface area contributed by atoms with Crippen molar-refractivity contribution < 1.29 is 32.3 Å². The zero-order valence-corrected chi connectivity index (χ0v) is 18.1. The Hall–Kier alpha value is -3.40. The quantitative estimate of drug-likeness (QED) is 0.508. The summed E-state index contributed by atoms with van der Waals surface area (Å²) in [6.45, 7) is 1.57. The molecule has 0 radical (unpaired) electrons. The van der Waals surface area contributed by atoms with Gasteiger partial charge in [-0.1, -0.05) is 18.2 Å². The summed E-state index contributed by atoms with van der Waals surface area (Å²) in [6, 6.07) is 11.6. The highest BCUT2D eigenvalue weighted by atomic mass is 32.2. The number of benzene rings is 2. The van der Waals surface area contributed by atoms with Crippen LogP contribution in [0.4, 0.5) is 4.79 Å². The predicted octanol–water partition coefficient (Wildman–Crippen LogP) is 1.72. The number of hydrogen-bond donors (Lipinski definition) is 1. The molecule has 3 amide bonds. The number of nitrogens with zero attached hydrogens (tertiary/aromatic N) is 1. The number of carbonyl (C=O) groups is 3. The third-order valence-corrected chi connectivity index (χ3v) is 6.10. The van der Waals surface area contributed by atoms with Crippen molar-refractivity contribution in [2.75, 3.05) is 26.5 Å². The second-order valence-corrected chi connectivity index (χ2v) is 9.19. The van der Waals surface area contributed by atoms with Crippen molar-refractivity contribution in [3.05, 3.63) is 59.7 Å². The van der Waals surface area contributed by atoms with Crippen molar-refractivity contribution in [2.24, 2.45) is 0 Å². The van der Waals surface area contributed by atoms with Crippen molar-refractivity contribution in [1.82, 2.24) is 10.2 Å². The summed E-state index contributed by atoms with van der Waals surface area (Å²) >= 11 is 0. The number of rotatable bonds is 7. The first-order valence-electron chi connectivity index (χ1n) is 9.32. The Kier molecular flexibility index (Phi) is 6.03. The van der Waals surface area contributed by atoms with E-state index in [2.05, 4.69) is 10.1 Å². The van der Waals surface area contributed by atoms with Crippen LogP contribution in [0.3, 0.4) is 0 Å². The van der Waals surface area contributed by atoms with Gasteiger partial charge < -0.3 is 14.8 Å². The standard InChI is InChI=1S/C21H22N2O7S/c1-21(15-7-9-17(10-8-15)31(3,27)28)19(25)23(20(26)22-21)11-12-30-16-6-4-5-14(13-16)18(24)29-2/h4-10,13H,11-12H2,1-3H3,(H,22,26). The summed E-state index contributed by atoms with van der Waals surface area (Å²) in [5.41, 5.74) is -0.537. The Morgan fingerprint density at radius 3 is 2.42 bits per heavy atom. The molecule has 164 valence electrons. The number of nitrogens with one attached hydrogen (secondary N) is 1. The third kappa shape index (κ3) is 4.53. The lowest BCUT2D eigenvalue weighted by atomic mass is 9.92. The highest BCUT2D eigenvalue weighted by molar-refractivity contribution is 7.90. The maximum Gasteiger partial charge on any atom is 0.337 e. The van der Waals surface area contributed by atoms with E-state index in [4.69, 9.17) is 4.74 Å². The van der Waals surface area contributed by atoms with E-state index in [9.17, 15) is 22.8 Å². The topological polar surface area (TPSA) is 119 Å². The second kappa shape index (κ2) is 8.38. The first-order valence-corrected chi connectivity index (χ1v) is 11.2. The molecule has 0 bridgehead atoms. The molecule has 10 heteroatoms. The van der Waals surface area contributed by atoms with Crippen molar-refractivity contribution in [2.45, 2.75) is 17.4 Å². The molecule has 0 saturated carbocycles. The minimum Gasteiger partial charge on any atom is -0.492 e. The number of methoxy groups -OCH3 is 1. The van der Waals surface area contributed by atoms with Crippen LogP contribution in [-0.4, -0.2) is 57.7 Å². The maximum atomic E-state index is 13.0. The molecule has 31 heavy (non-hydrogen) atoms. The summed E-state index contributed by atoms with van der Waals surface area (Å²) in [7, 11) is -2.10. The Morgan fingerprint density at radius 2 is 1.81 bits per heavy atom. The van der Waals surface area contributed by atoms with Gasteiger partial charge in [-0.3, -0.25) is 9.69 Å². The molecule has 1 saturated heterocycles. The first kappa shape index (κ1) is 22.3. The SMILES string of the molecule is COC(=O)c1cccc(OCCN2C(=O)NC(C)(c3ccc(S(C)(=O)=O)cc3)C2=O)c1. The van der Waals surface area contributed by atoms with Crippen molar-refractivity contribution in [3.63, 3.8) is 0 Å². The van der Waals surface area contributed by atoms with Gasteiger partial charge in [0.15, 0.2) is 9.84 Å². The molecule has 9 nitrogen and oxygen atoms in total. The first-order chi connectivity index (χ1) is 14.6. The van der Waals surface area contributed by atoms with Gasteiger partial charge in [-0.05, 0) is 42.8 Å². The lowest BCUT2D eigenvalue weighted by Crippen LogP contribution is -2.41. The molecule has 1 fully saturated rings. The van der Waals surface area contributed by atoms with Crippen LogP contribution in [0.25, 0.3) is 0 Å². The number of imide groups is 1. The fraction of sp³-hybridized carbons (Fsp3) is 0.286. The second-order valence-electron chi connectivity index (χ2n) is 7.18. The summed E-state index contributed by atoms with van der Waals surface area (Å²) in [4.78, 5) is 38.1. The fourth-order valence-electron chi connectivity index (χ4n) is 3.22. The molecule has 0 spiro atoms. The summed E-state index contributed by atoms with van der Waals surface area (Å²) in [5, 5.41) is 2.66. The van der Waals surface area contributed by atoms with Crippen LogP contribution >= 0.6 is 0 Å². The lowest BCUT2D eigenvalue weighted by Gasteiger charge is -2.22. The zero-order chi connectivity index (χ0) is 22.8. The number of sulfone groups is 1. The van der Waals surface area contributed by atoms with Crippen LogP contribution < -0.4 is 10.1 Å². The number of ether oxygens (including phenoxy) is 2. The molecule has 1 aliphatic heterocycles. The Bertz CT molecular complexity index is 1130. The number of urea groups is 1. The molecule has 1 atom stereocenters. The van der Waals surface area contributed by atoms with Gasteiger partial charge in [-0.25, -0.2) is 18.0 Å². The normalized spacial score (nSPS) is 18.6. The van der Waals surface area contributed by atoms with E-state index in [0.29, 0.717) is 16.9 Å². The Morgan fingerprint density at radius 1 is 1.13 bits per heavy atom. The largest absolute Gasteiger partial charge is 0.492 e. The number of carbonyl (C=O) groups excluding carboxylic acids is 3. The van der Waals surface area contributed by atoms with Gasteiger partial charge in [0.25, 0.3) is 5.91 Å². The number of hydrogen-bond acceptors (Lipinski definition) is 7. The van der Waals surface area contributed by atoms with Crippen molar-refractivity contribution in [3.8, 4) is 5.75 Å². The van der Waals surface area contributed by atoms with E-state index in [-0.39, 0.29) is 18.0 Å². The Balaban J connectivity index is 1.68. The van der Waals surface area contributed by atoms with Gasteiger partial charge in [-0.2, -0.15) is 0 Å². The molecular weight excluding hydrogens is 424 g/mol. The molecule has 0 aromatic heterocycles. The van der Waals surface area contributed by atoms with Crippen LogP contribution in [-0.2, 0) is 24.9 Å². The van der Waals surface area contributed by atoms with Crippen LogP contribution in [0.1, 0.15) is 22.8 Å². The summed E-state index contributed by atoms with van der Waals surface area (Å²) in [6.07, 6.45) is 1.09. The van der Waals surface area contributed by atoms with E-state index in [1.54, 1.807) is 25.1 Å². The molecule has 1 aliphatic rings. The molecule has 1 heterocycles. The Labute approximate surface area is 179 Å². The zero-order valence-electron chi connectivity index (χ0n) is 17.2. The lowest BCUT2D eigenvalue weighted by molar-refractivity contribution is -0.131. The number of amides is 3. The van der Waals surface area contributed by atoms with Crippen molar-refractivity contribution >= 4 is 27.7 Å². The summed E-state index contributed by atoms with van der Waals surface area (Å²) < 4.78 is 33.5. The van der Waals surface area contributed by atoms with Gasteiger partial charge in [-0.15, -0.1) is 0 Å². The van der Waals surface area contributed by atoms with Crippen LogP contribution in [0.2, 0.25) is 0 Å². The van der Waals surface area contributed by atoms with Crippen LogP contribution in [0, 0.1) is 0 Å². The molecular formula is C21H22N2O7S. The maximum absolute atomic E-state index is 13.0. The molecule has 3 rings (SSSR count). The molecule has 2 aromatic rings. The summed E-state index contributed by atoms with van der Waals surface area (Å²) in [5.74, 6) is -0.581. The minimum absolute atomic E-state index is 0.00979. The van der Waals surface area contributed by atoms with Gasteiger partial charge >= 0.3 is 12.0 Å². The fourth-order valence-corrected chi connectivity index (χ4v) is 3.85. The highest BCUT2D eigenvalue weighted by Crippen LogP contribution is 2.29. The third-order valence-electron chi connectivity index (χ3n) is 4.97. The molecule has 1 unspecified atom stereocenters. The van der Waals surface area contributed by atoms with Gasteiger partial charge in [0.1, 0.15) is 17.9 Å². The van der Waals surface area contributed by atoms with E-state index < -0.39 is 33.3 Å². The van der Waals surface area contributed by atoms with E-state index >= 15 is 0 Å². The van der Waals surface area contributed by atoms with E-state index in [1.165, 1.54) is 37.4 Å². The monoisotopic (exact) mass is 446 g/mol. The minimum atomic E-state index is -3.37. The van der Waals surface area contributed by atoms with Crippen LogP contribution in [0.15, 0.2) is 53.4 Å². The van der Waals surface area contributed by atoms with Gasteiger partial charge in [0.05, 0.1) is 24.1 Å². The molecule has 1 N–H and O–H groups in total. The smallest absolute Gasteiger partial charge is 0.337 e. The molecule has 0 aliphatic carbocycles. The van der Waals surface area contributed by atoms with E-state index in [1.807, 2.05) is 0 Å². The predicted molar refractivity (Wildman–Crippen MR) is 110 cm³/mol. The average molecular weight is 446 g/mol. The molecule has 2 aromatic carbocycles. The van der Waals surface area contributed by atoms with Crippen LogP contribution in [0.5, 0.6) is 5.75 Å².